The Labute approximate surface area is 276 Å². The number of rotatable bonds is 12. The Bertz CT molecular complexity index is 1320. The molecule has 3 saturated carbocycles. The number of fused-ring (bicyclic) bond motifs is 5. The van der Waals surface area contributed by atoms with Crippen molar-refractivity contribution in [1.29, 1.82) is 0 Å². The quantitative estimate of drug-likeness (QED) is 0.103. The van der Waals surface area contributed by atoms with E-state index in [2.05, 4.69) is 51.0 Å². The minimum atomic E-state index is -0.574. The molecule has 46 heavy (non-hydrogen) atoms. The van der Waals surface area contributed by atoms with Crippen LogP contribution in [0.3, 0.4) is 0 Å². The van der Waals surface area contributed by atoms with Crippen molar-refractivity contribution in [3.8, 4) is 5.75 Å². The SMILES string of the molecule is CC(=O)c1ccnc(C(=O)NCCCC(=O)O[C@H]2CC[C@@]3(C)C(=CC[C@H]4[C@@H]5CC[C@H]([C@H](C)CCCC(C)C)[C@@]5(C)CC[C@@H]43)C2)c1O. The fourth-order valence-electron chi connectivity index (χ4n) is 10.4. The van der Waals surface area contributed by atoms with Gasteiger partial charge in [-0.2, -0.15) is 0 Å². The van der Waals surface area contributed by atoms with Crippen molar-refractivity contribution >= 4 is 17.7 Å². The van der Waals surface area contributed by atoms with Gasteiger partial charge < -0.3 is 15.2 Å². The van der Waals surface area contributed by atoms with Gasteiger partial charge in [0.05, 0.1) is 5.56 Å². The van der Waals surface area contributed by atoms with Crippen LogP contribution in [-0.4, -0.2) is 40.4 Å². The number of hydrogen-bond acceptors (Lipinski definition) is 6. The number of aromatic hydroxyl groups is 1. The molecule has 0 radical (unpaired) electrons. The third-order valence-electron chi connectivity index (χ3n) is 12.9. The number of allylic oxidation sites excluding steroid dienone is 1. The molecule has 1 aromatic heterocycles. The number of ether oxygens (including phenoxy) is 1. The first-order chi connectivity index (χ1) is 21.8. The highest BCUT2D eigenvalue weighted by Crippen LogP contribution is 2.67. The number of nitrogens with zero attached hydrogens (tertiary/aromatic N) is 1. The topological polar surface area (TPSA) is 106 Å². The van der Waals surface area contributed by atoms with Crippen LogP contribution in [0.15, 0.2) is 23.9 Å². The lowest BCUT2D eigenvalue weighted by Gasteiger charge is -2.58. The molecule has 0 bridgehead atoms. The Morgan fingerprint density at radius 2 is 1.83 bits per heavy atom. The predicted molar refractivity (Wildman–Crippen MR) is 180 cm³/mol. The maximum atomic E-state index is 12.8. The van der Waals surface area contributed by atoms with Gasteiger partial charge in [0.1, 0.15) is 6.10 Å². The zero-order valence-corrected chi connectivity index (χ0v) is 29.2. The van der Waals surface area contributed by atoms with Crippen LogP contribution < -0.4 is 5.32 Å². The Kier molecular flexibility index (Phi) is 10.7. The third-order valence-corrected chi connectivity index (χ3v) is 12.9. The van der Waals surface area contributed by atoms with Gasteiger partial charge in [0.15, 0.2) is 17.2 Å². The molecule has 2 N–H and O–H groups in total. The monoisotopic (exact) mass is 634 g/mol. The Morgan fingerprint density at radius 3 is 2.57 bits per heavy atom. The summed E-state index contributed by atoms with van der Waals surface area (Å²) in [5, 5.41) is 12.9. The molecule has 0 spiro atoms. The van der Waals surface area contributed by atoms with E-state index in [0.29, 0.717) is 11.8 Å². The number of Topliss-reactive ketones (excluding diaryl/α,β-unsaturated/α-hetero) is 1. The van der Waals surface area contributed by atoms with Crippen LogP contribution in [0.2, 0.25) is 0 Å². The molecule has 7 nitrogen and oxygen atoms in total. The van der Waals surface area contributed by atoms with E-state index in [1.54, 1.807) is 0 Å². The molecule has 5 rings (SSSR count). The van der Waals surface area contributed by atoms with Crippen molar-refractivity contribution < 1.29 is 24.2 Å². The fourth-order valence-corrected chi connectivity index (χ4v) is 10.4. The zero-order valence-electron chi connectivity index (χ0n) is 29.2. The molecule has 4 aliphatic rings. The van der Waals surface area contributed by atoms with E-state index in [0.717, 1.165) is 54.8 Å². The van der Waals surface area contributed by atoms with Crippen molar-refractivity contribution in [2.45, 2.75) is 131 Å². The second kappa shape index (κ2) is 14.2. The summed E-state index contributed by atoms with van der Waals surface area (Å²) in [6.07, 6.45) is 18.1. The lowest BCUT2D eigenvalue weighted by atomic mass is 9.47. The number of hydrogen-bond donors (Lipinski definition) is 2. The van der Waals surface area contributed by atoms with Crippen LogP contribution >= 0.6 is 0 Å². The molecule has 1 heterocycles. The molecule has 0 saturated heterocycles. The second-order valence-corrected chi connectivity index (χ2v) is 16.1. The van der Waals surface area contributed by atoms with Crippen molar-refractivity contribution in [2.75, 3.05) is 6.54 Å². The summed E-state index contributed by atoms with van der Waals surface area (Å²) in [6.45, 7) is 14.0. The summed E-state index contributed by atoms with van der Waals surface area (Å²) in [5.74, 6) is 3.30. The van der Waals surface area contributed by atoms with Gasteiger partial charge in [-0.3, -0.25) is 14.4 Å². The maximum Gasteiger partial charge on any atom is 0.306 e. The van der Waals surface area contributed by atoms with E-state index in [-0.39, 0.29) is 47.5 Å². The largest absolute Gasteiger partial charge is 0.505 e. The predicted octanol–water partition coefficient (Wildman–Crippen LogP) is 8.45. The molecule has 8 atom stereocenters. The molecule has 4 aliphatic carbocycles. The molecule has 1 aromatic rings. The average molecular weight is 635 g/mol. The highest BCUT2D eigenvalue weighted by atomic mass is 16.5. The second-order valence-electron chi connectivity index (χ2n) is 16.1. The first kappa shape index (κ1) is 34.6. The van der Waals surface area contributed by atoms with Crippen LogP contribution in [0.25, 0.3) is 0 Å². The van der Waals surface area contributed by atoms with Crippen LogP contribution in [0.5, 0.6) is 5.75 Å². The average Bonchev–Trinajstić information content (AvgIpc) is 3.36. The van der Waals surface area contributed by atoms with E-state index in [1.807, 2.05) is 0 Å². The maximum absolute atomic E-state index is 12.8. The highest BCUT2D eigenvalue weighted by Gasteiger charge is 2.59. The van der Waals surface area contributed by atoms with Crippen LogP contribution in [0, 0.1) is 46.3 Å². The van der Waals surface area contributed by atoms with Gasteiger partial charge in [0.2, 0.25) is 0 Å². The first-order valence-corrected chi connectivity index (χ1v) is 18.2. The lowest BCUT2D eigenvalue weighted by Crippen LogP contribution is -2.51. The number of aromatic nitrogens is 1. The standard InChI is InChI=1S/C39H58N2O5/c1-24(2)9-7-10-25(3)31-14-15-32-30-13-12-27-23-28(16-19-38(27,5)33(30)17-20-39(31,32)6)46-34(43)11-8-21-41-37(45)35-36(44)29(26(4)42)18-22-40-35/h12,18,22,24-25,28,30-33,44H,7-11,13-17,19-21,23H2,1-6H3,(H,41,45)/t25-,28+,30+,31-,32+,33+,38+,39-/m1/s1. The fraction of sp³-hybridized carbons (Fsp3) is 0.744. The van der Waals surface area contributed by atoms with Gasteiger partial charge in [0.25, 0.3) is 5.91 Å². The van der Waals surface area contributed by atoms with Crippen molar-refractivity contribution in [3.63, 3.8) is 0 Å². The van der Waals surface area contributed by atoms with Gasteiger partial charge in [0, 0.05) is 25.6 Å². The molecule has 0 aromatic carbocycles. The molecular formula is C39H58N2O5. The zero-order chi connectivity index (χ0) is 33.2. The molecule has 3 fully saturated rings. The third kappa shape index (κ3) is 6.94. The summed E-state index contributed by atoms with van der Waals surface area (Å²) in [7, 11) is 0. The first-order valence-electron chi connectivity index (χ1n) is 18.2. The van der Waals surface area contributed by atoms with Crippen molar-refractivity contribution in [1.82, 2.24) is 10.3 Å². The summed E-state index contributed by atoms with van der Waals surface area (Å²) in [4.78, 5) is 40.8. The number of carbonyl (C=O) groups is 3. The van der Waals surface area contributed by atoms with Crippen molar-refractivity contribution in [3.05, 3.63) is 35.2 Å². The van der Waals surface area contributed by atoms with Gasteiger partial charge in [-0.25, -0.2) is 4.98 Å². The summed E-state index contributed by atoms with van der Waals surface area (Å²) >= 11 is 0. The van der Waals surface area contributed by atoms with E-state index < -0.39 is 11.7 Å². The summed E-state index contributed by atoms with van der Waals surface area (Å²) < 4.78 is 5.96. The smallest absolute Gasteiger partial charge is 0.306 e. The van der Waals surface area contributed by atoms with E-state index in [4.69, 9.17) is 4.74 Å². The minimum Gasteiger partial charge on any atom is -0.505 e. The summed E-state index contributed by atoms with van der Waals surface area (Å²) in [5.41, 5.74) is 2.10. The van der Waals surface area contributed by atoms with E-state index in [9.17, 15) is 19.5 Å². The molecular weight excluding hydrogens is 576 g/mol. The summed E-state index contributed by atoms with van der Waals surface area (Å²) in [6, 6.07) is 1.38. The van der Waals surface area contributed by atoms with E-state index in [1.165, 1.54) is 76.1 Å². The Balaban J connectivity index is 1.10. The van der Waals surface area contributed by atoms with Gasteiger partial charge in [-0.05, 0) is 111 Å². The molecule has 254 valence electrons. The number of nitrogens with one attached hydrogen (secondary N) is 1. The lowest BCUT2D eigenvalue weighted by molar-refractivity contribution is -0.151. The van der Waals surface area contributed by atoms with Gasteiger partial charge >= 0.3 is 5.97 Å². The normalized spacial score (nSPS) is 32.5. The highest BCUT2D eigenvalue weighted by molar-refractivity contribution is 6.02. The molecule has 1 amide bonds. The number of carbonyl (C=O) groups excluding carboxylic acids is 3. The number of pyridine rings is 1. The molecule has 0 unspecified atom stereocenters. The Hall–Kier alpha value is -2.70. The van der Waals surface area contributed by atoms with Gasteiger partial charge in [-0.1, -0.05) is 65.5 Å². The van der Waals surface area contributed by atoms with Crippen LogP contribution in [0.4, 0.5) is 0 Å². The van der Waals surface area contributed by atoms with Crippen molar-refractivity contribution in [2.24, 2.45) is 46.3 Å². The number of amides is 1. The number of esters is 1. The molecule has 0 aliphatic heterocycles. The minimum absolute atomic E-state index is 0.0579. The van der Waals surface area contributed by atoms with Crippen LogP contribution in [0.1, 0.15) is 146 Å². The van der Waals surface area contributed by atoms with Gasteiger partial charge in [-0.15, -0.1) is 0 Å². The molecule has 7 heteroatoms. The number of ketones is 1. The Morgan fingerprint density at radius 1 is 1.04 bits per heavy atom. The van der Waals surface area contributed by atoms with Crippen LogP contribution in [-0.2, 0) is 9.53 Å². The van der Waals surface area contributed by atoms with E-state index >= 15 is 0 Å².